The number of hydrogen-bond acceptors (Lipinski definition) is 1. The van der Waals surface area contributed by atoms with Crippen molar-refractivity contribution < 1.29 is 4.74 Å². The van der Waals surface area contributed by atoms with Crippen LogP contribution in [-0.2, 0) is 12.8 Å². The molecule has 0 amide bonds. The highest BCUT2D eigenvalue weighted by molar-refractivity contribution is 6.10. The van der Waals surface area contributed by atoms with Crippen LogP contribution in [0.3, 0.4) is 0 Å². The van der Waals surface area contributed by atoms with Crippen molar-refractivity contribution in [3.8, 4) is 33.7 Å². The van der Waals surface area contributed by atoms with Crippen LogP contribution in [0.4, 0.5) is 0 Å². The molecule has 2 heterocycles. The largest absolute Gasteiger partial charge is 0.484 e. The van der Waals surface area contributed by atoms with Gasteiger partial charge in [-0.1, -0.05) is 135 Å². The van der Waals surface area contributed by atoms with E-state index in [1.54, 1.807) is 0 Å². The number of nitrogens with zero attached hydrogens (tertiary/aromatic N) is 1. The van der Waals surface area contributed by atoms with Crippen LogP contribution in [0.25, 0.3) is 67.3 Å². The van der Waals surface area contributed by atoms with Crippen LogP contribution < -0.4 is 4.74 Å². The molecule has 0 saturated carbocycles. The van der Waals surface area contributed by atoms with Gasteiger partial charge in [-0.3, -0.25) is 0 Å². The molecule has 0 fully saturated rings. The van der Waals surface area contributed by atoms with Gasteiger partial charge in [-0.2, -0.15) is 0 Å². The van der Waals surface area contributed by atoms with Crippen molar-refractivity contribution in [3.63, 3.8) is 0 Å². The van der Waals surface area contributed by atoms with Gasteiger partial charge in [-0.05, 0) is 123 Å². The van der Waals surface area contributed by atoms with Crippen LogP contribution in [-0.4, -0.2) is 10.7 Å². The molecule has 0 bridgehead atoms. The van der Waals surface area contributed by atoms with E-state index in [0.29, 0.717) is 11.8 Å². The van der Waals surface area contributed by atoms with Crippen LogP contribution in [0, 0.1) is 0 Å². The van der Waals surface area contributed by atoms with E-state index >= 15 is 0 Å². The molecule has 0 N–H and O–H groups in total. The number of aromatic nitrogens is 1. The molecule has 1 aromatic heterocycles. The minimum Gasteiger partial charge on any atom is -0.484 e. The third-order valence-electron chi connectivity index (χ3n) is 12.5. The first kappa shape index (κ1) is 32.3. The fourth-order valence-corrected chi connectivity index (χ4v) is 9.88. The Bertz CT molecular complexity index is 2810. The van der Waals surface area contributed by atoms with Gasteiger partial charge in [0.25, 0.3) is 0 Å². The third kappa shape index (κ3) is 5.08. The summed E-state index contributed by atoms with van der Waals surface area (Å²) in [5, 5.41) is 3.97. The summed E-state index contributed by atoms with van der Waals surface area (Å²) in [6, 6.07) is 43.3. The maximum atomic E-state index is 6.65. The summed E-state index contributed by atoms with van der Waals surface area (Å²) in [5.41, 5.74) is 18.6. The van der Waals surface area contributed by atoms with E-state index < -0.39 is 0 Å². The van der Waals surface area contributed by atoms with E-state index in [9.17, 15) is 0 Å². The zero-order valence-corrected chi connectivity index (χ0v) is 31.4. The summed E-state index contributed by atoms with van der Waals surface area (Å²) < 4.78 is 9.18. The lowest BCUT2D eigenvalue weighted by Gasteiger charge is -2.24. The van der Waals surface area contributed by atoms with Gasteiger partial charge >= 0.3 is 0 Å². The fourth-order valence-electron chi connectivity index (χ4n) is 9.88. The average Bonchev–Trinajstić information content (AvgIpc) is 3.78. The Morgan fingerprint density at radius 1 is 0.673 bits per heavy atom. The molecular formula is C53H43NO. The molecular weight excluding hydrogens is 667 g/mol. The summed E-state index contributed by atoms with van der Waals surface area (Å²) in [4.78, 5) is 0. The molecule has 55 heavy (non-hydrogen) atoms. The third-order valence-corrected chi connectivity index (χ3v) is 12.5. The summed E-state index contributed by atoms with van der Waals surface area (Å²) in [5.74, 6) is 1.81. The Balaban J connectivity index is 1.05. The maximum Gasteiger partial charge on any atom is 0.131 e. The molecule has 266 valence electrons. The number of allylic oxidation sites excluding steroid dienone is 4. The zero-order chi connectivity index (χ0) is 36.6. The molecule has 2 heteroatoms. The topological polar surface area (TPSA) is 14.2 Å². The fraction of sp³-hybridized carbons (Fsp3) is 0.170. The van der Waals surface area contributed by atoms with Crippen LogP contribution in [0.15, 0.2) is 146 Å². The van der Waals surface area contributed by atoms with Crippen molar-refractivity contribution in [1.29, 1.82) is 0 Å². The molecule has 3 aliphatic carbocycles. The lowest BCUT2D eigenvalue weighted by molar-refractivity contribution is 0.268. The molecule has 11 rings (SSSR count). The van der Waals surface area contributed by atoms with Crippen molar-refractivity contribution in [2.75, 3.05) is 0 Å². The minimum absolute atomic E-state index is 0.0840. The highest BCUT2D eigenvalue weighted by Gasteiger charge is 2.35. The van der Waals surface area contributed by atoms with Gasteiger partial charge in [-0.15, -0.1) is 0 Å². The molecule has 2 atom stereocenters. The summed E-state index contributed by atoms with van der Waals surface area (Å²) in [6.07, 6.45) is 20.1. The normalized spacial score (nSPS) is 17.9. The van der Waals surface area contributed by atoms with Gasteiger partial charge < -0.3 is 9.30 Å². The van der Waals surface area contributed by atoms with E-state index in [1.165, 1.54) is 94.3 Å². The number of benzene rings is 6. The molecule has 7 aromatic rings. The molecule has 6 aromatic carbocycles. The number of rotatable bonds is 5. The summed E-state index contributed by atoms with van der Waals surface area (Å²) in [6.45, 7) is 4.59. The number of fused-ring (bicyclic) bond motifs is 8. The molecule has 2 nitrogen and oxygen atoms in total. The Morgan fingerprint density at radius 2 is 1.45 bits per heavy atom. The first-order valence-corrected chi connectivity index (χ1v) is 20.1. The van der Waals surface area contributed by atoms with Gasteiger partial charge in [0.1, 0.15) is 11.9 Å². The second kappa shape index (κ2) is 12.7. The first-order valence-electron chi connectivity index (χ1n) is 20.1. The lowest BCUT2D eigenvalue weighted by atomic mass is 9.80. The van der Waals surface area contributed by atoms with Gasteiger partial charge in [0.05, 0.1) is 5.52 Å². The first-order chi connectivity index (χ1) is 27.1. The van der Waals surface area contributed by atoms with Crippen LogP contribution >= 0.6 is 0 Å². The minimum atomic E-state index is 0.0840. The SMILES string of the molecule is CC(C)c1ccc2c(c1)c1c(n2-c2ccc(-c3c4c(c(-c5ccccc5)c5ccccc35)CCC=C4)cc2)CCC(c2cccc3c2OC2C=CC=CC32)=C1. The Labute approximate surface area is 323 Å². The number of hydrogen-bond donors (Lipinski definition) is 0. The number of ether oxygens (including phenoxy) is 1. The highest BCUT2D eigenvalue weighted by atomic mass is 16.5. The quantitative estimate of drug-likeness (QED) is 0.174. The summed E-state index contributed by atoms with van der Waals surface area (Å²) >= 11 is 0. The molecule has 4 aliphatic rings. The monoisotopic (exact) mass is 709 g/mol. The molecule has 1 aliphatic heterocycles. The molecule has 0 radical (unpaired) electrons. The van der Waals surface area contributed by atoms with E-state index in [0.717, 1.165) is 31.4 Å². The zero-order valence-electron chi connectivity index (χ0n) is 31.4. The Hall–Kier alpha value is -6.12. The predicted octanol–water partition coefficient (Wildman–Crippen LogP) is 13.7. The average molecular weight is 710 g/mol. The number of para-hydroxylation sites is 1. The van der Waals surface area contributed by atoms with Gasteiger partial charge in [0.2, 0.25) is 0 Å². The molecule has 0 spiro atoms. The van der Waals surface area contributed by atoms with Crippen molar-refractivity contribution in [3.05, 3.63) is 185 Å². The molecule has 0 saturated heterocycles. The van der Waals surface area contributed by atoms with Crippen molar-refractivity contribution in [1.82, 2.24) is 4.57 Å². The lowest BCUT2D eigenvalue weighted by Crippen LogP contribution is -2.15. The van der Waals surface area contributed by atoms with Crippen LogP contribution in [0.1, 0.15) is 77.6 Å². The van der Waals surface area contributed by atoms with Gasteiger partial charge in [0.15, 0.2) is 0 Å². The Morgan fingerprint density at radius 3 is 2.29 bits per heavy atom. The van der Waals surface area contributed by atoms with E-state index in [4.69, 9.17) is 4.74 Å². The van der Waals surface area contributed by atoms with E-state index in [-0.39, 0.29) is 6.10 Å². The summed E-state index contributed by atoms with van der Waals surface area (Å²) in [7, 11) is 0. The standard InChI is InChI=1S/C53H43NO/c1-33(2)36-25-29-48-46(31-36)47-32-37(39-20-12-21-45-40-15-10-11-22-50(40)55-53(39)45)26-30-49(47)54(48)38-27-23-35(24-28-38)52-43-18-8-6-16-41(43)51(34-13-4-3-5-14-34)42-17-7-9-19-44(42)52/h3-6,8-16,18-25,27-29,31-33,40,50H,7,17,26,30H2,1-2H3. The predicted molar refractivity (Wildman–Crippen MR) is 231 cm³/mol. The van der Waals surface area contributed by atoms with Crippen LogP contribution in [0.2, 0.25) is 0 Å². The van der Waals surface area contributed by atoms with E-state index in [1.807, 2.05) is 0 Å². The van der Waals surface area contributed by atoms with Crippen molar-refractivity contribution in [2.24, 2.45) is 0 Å². The van der Waals surface area contributed by atoms with Crippen LogP contribution in [0.5, 0.6) is 5.75 Å². The second-order valence-electron chi connectivity index (χ2n) is 15.9. The second-order valence-corrected chi connectivity index (χ2v) is 15.9. The van der Waals surface area contributed by atoms with Crippen molar-refractivity contribution >= 4 is 39.4 Å². The van der Waals surface area contributed by atoms with E-state index in [2.05, 4.69) is 176 Å². The smallest absolute Gasteiger partial charge is 0.131 e. The molecule has 2 unspecified atom stereocenters. The maximum absolute atomic E-state index is 6.65. The highest BCUT2D eigenvalue weighted by Crippen LogP contribution is 2.49. The van der Waals surface area contributed by atoms with Gasteiger partial charge in [0, 0.05) is 39.4 Å². The van der Waals surface area contributed by atoms with Gasteiger partial charge in [-0.25, -0.2) is 0 Å². The Kier molecular flexibility index (Phi) is 7.49. The van der Waals surface area contributed by atoms with Crippen molar-refractivity contribution in [2.45, 2.75) is 57.5 Å².